The Morgan fingerprint density at radius 1 is 1.03 bits per heavy atom. The van der Waals surface area contributed by atoms with Crippen LogP contribution in [0.5, 0.6) is 0 Å². The molecule has 158 valence electrons. The molecule has 1 aliphatic rings. The average molecular weight is 434 g/mol. The van der Waals surface area contributed by atoms with Crippen LogP contribution < -0.4 is 11.1 Å². The molecule has 1 fully saturated rings. The van der Waals surface area contributed by atoms with Gasteiger partial charge in [0.05, 0.1) is 4.90 Å². The maximum absolute atomic E-state index is 12.7. The Hall–Kier alpha value is -3.45. The van der Waals surface area contributed by atoms with E-state index >= 15 is 0 Å². The summed E-state index contributed by atoms with van der Waals surface area (Å²) < 4.78 is 24.1. The van der Waals surface area contributed by atoms with Crippen molar-refractivity contribution >= 4 is 27.3 Å². The van der Waals surface area contributed by atoms with Crippen LogP contribution in [0.15, 0.2) is 77.7 Å². The fourth-order valence-corrected chi connectivity index (χ4v) is 4.70. The molecule has 0 aliphatic heterocycles. The van der Waals surface area contributed by atoms with Gasteiger partial charge in [0.2, 0.25) is 5.91 Å². The molecule has 7 heteroatoms. The third kappa shape index (κ3) is 4.51. The van der Waals surface area contributed by atoms with E-state index in [1.54, 1.807) is 54.6 Å². The lowest BCUT2D eigenvalue weighted by Gasteiger charge is -2.10. The molecule has 3 aromatic rings. The zero-order valence-corrected chi connectivity index (χ0v) is 17.8. The van der Waals surface area contributed by atoms with Gasteiger partial charge in [-0.05, 0) is 47.7 Å². The number of hydrogen-bond acceptors (Lipinski definition) is 4. The minimum absolute atomic E-state index is 0.0148. The number of hydrogen-bond donors (Lipinski definition) is 3. The van der Waals surface area contributed by atoms with E-state index in [0.29, 0.717) is 16.8 Å². The Labute approximate surface area is 181 Å². The van der Waals surface area contributed by atoms with Gasteiger partial charge in [-0.15, -0.1) is 0 Å². The molecule has 2 atom stereocenters. The number of carbonyl (C=O) groups is 1. The standard InChI is InChI=1S/C24H23N3O3S/c1-31(29,30)22-8-3-2-7-19(22)15-9-11-18(12-10-15)27-24(28)21-14-20(21)16-5-4-6-17(13-16)23(25)26/h2-13,20-21H,14H2,1H3,(H3,25,26)(H,27,28)/t20-,21-/m1/s1. The molecular formula is C24H23N3O3S. The second kappa shape index (κ2) is 8.00. The SMILES string of the molecule is CS(=O)(=O)c1ccccc1-c1ccc(NC(=O)[C@@H]2C[C@@H]2c2cccc(C(=N)N)c2)cc1. The van der Waals surface area contributed by atoms with Crippen LogP contribution in [0.4, 0.5) is 5.69 Å². The maximum Gasteiger partial charge on any atom is 0.228 e. The number of benzene rings is 3. The highest BCUT2D eigenvalue weighted by atomic mass is 32.2. The molecule has 31 heavy (non-hydrogen) atoms. The van der Waals surface area contributed by atoms with Crippen molar-refractivity contribution < 1.29 is 13.2 Å². The van der Waals surface area contributed by atoms with Crippen molar-refractivity contribution in [2.45, 2.75) is 17.2 Å². The predicted molar refractivity (Wildman–Crippen MR) is 122 cm³/mol. The Kier molecular flexibility index (Phi) is 5.37. The number of amidine groups is 1. The highest BCUT2D eigenvalue weighted by Gasteiger charge is 2.44. The molecule has 6 nitrogen and oxygen atoms in total. The molecule has 0 bridgehead atoms. The smallest absolute Gasteiger partial charge is 0.228 e. The van der Waals surface area contributed by atoms with Gasteiger partial charge in [-0.3, -0.25) is 10.2 Å². The molecule has 1 amide bonds. The average Bonchev–Trinajstić information content (AvgIpc) is 3.55. The second-order valence-corrected chi connectivity index (χ2v) is 9.81. The van der Waals surface area contributed by atoms with Crippen LogP contribution in [0.2, 0.25) is 0 Å². The summed E-state index contributed by atoms with van der Waals surface area (Å²) in [5, 5.41) is 10.5. The third-order valence-corrected chi connectivity index (χ3v) is 6.66. The molecular weight excluding hydrogens is 410 g/mol. The van der Waals surface area contributed by atoms with Gasteiger partial charge in [-0.1, -0.05) is 48.5 Å². The molecule has 1 saturated carbocycles. The summed E-state index contributed by atoms with van der Waals surface area (Å²) in [6.07, 6.45) is 1.95. The van der Waals surface area contributed by atoms with Crippen molar-refractivity contribution in [1.29, 1.82) is 5.41 Å². The normalized spacial score (nSPS) is 17.7. The lowest BCUT2D eigenvalue weighted by Crippen LogP contribution is -2.15. The Balaban J connectivity index is 1.46. The van der Waals surface area contributed by atoms with Gasteiger partial charge in [-0.25, -0.2) is 8.42 Å². The third-order valence-electron chi connectivity index (χ3n) is 5.50. The van der Waals surface area contributed by atoms with E-state index in [4.69, 9.17) is 11.1 Å². The quantitative estimate of drug-likeness (QED) is 0.405. The molecule has 1 aliphatic carbocycles. The molecule has 4 N–H and O–H groups in total. The molecule has 0 spiro atoms. The molecule has 4 rings (SSSR count). The van der Waals surface area contributed by atoms with Gasteiger partial charge < -0.3 is 11.1 Å². The van der Waals surface area contributed by atoms with Crippen LogP contribution in [0.1, 0.15) is 23.5 Å². The molecule has 0 aromatic heterocycles. The number of nitrogens with two attached hydrogens (primary N) is 1. The number of anilines is 1. The molecule has 0 radical (unpaired) electrons. The van der Waals surface area contributed by atoms with Crippen molar-refractivity contribution in [1.82, 2.24) is 0 Å². The van der Waals surface area contributed by atoms with E-state index < -0.39 is 9.84 Å². The lowest BCUT2D eigenvalue weighted by molar-refractivity contribution is -0.117. The fourth-order valence-electron chi connectivity index (χ4n) is 3.79. The van der Waals surface area contributed by atoms with Gasteiger partial charge in [-0.2, -0.15) is 0 Å². The summed E-state index contributed by atoms with van der Waals surface area (Å²) in [5.41, 5.74) is 9.30. The van der Waals surface area contributed by atoms with E-state index in [9.17, 15) is 13.2 Å². The van der Waals surface area contributed by atoms with E-state index in [1.807, 2.05) is 18.2 Å². The topological polar surface area (TPSA) is 113 Å². The van der Waals surface area contributed by atoms with E-state index in [2.05, 4.69) is 5.32 Å². The van der Waals surface area contributed by atoms with Gasteiger partial charge in [0.25, 0.3) is 0 Å². The summed E-state index contributed by atoms with van der Waals surface area (Å²) in [6, 6.07) is 21.5. The molecule has 0 heterocycles. The van der Waals surface area contributed by atoms with E-state index in [0.717, 1.165) is 17.5 Å². The van der Waals surface area contributed by atoms with Crippen LogP contribution >= 0.6 is 0 Å². The first-order valence-corrected chi connectivity index (χ1v) is 11.8. The summed E-state index contributed by atoms with van der Waals surface area (Å²) >= 11 is 0. The van der Waals surface area contributed by atoms with Crippen molar-refractivity contribution in [3.05, 3.63) is 83.9 Å². The fraction of sp³-hybridized carbons (Fsp3) is 0.167. The van der Waals surface area contributed by atoms with Crippen LogP contribution in [0.3, 0.4) is 0 Å². The van der Waals surface area contributed by atoms with Crippen LogP contribution in [-0.2, 0) is 14.6 Å². The van der Waals surface area contributed by atoms with Gasteiger partial charge in [0.1, 0.15) is 5.84 Å². The van der Waals surface area contributed by atoms with Gasteiger partial charge in [0.15, 0.2) is 9.84 Å². The van der Waals surface area contributed by atoms with Crippen molar-refractivity contribution in [3.63, 3.8) is 0 Å². The summed E-state index contributed by atoms with van der Waals surface area (Å²) in [7, 11) is -3.35. The van der Waals surface area contributed by atoms with Gasteiger partial charge in [0, 0.05) is 29.0 Å². The highest BCUT2D eigenvalue weighted by Crippen LogP contribution is 2.48. The monoisotopic (exact) mass is 433 g/mol. The Morgan fingerprint density at radius 3 is 2.42 bits per heavy atom. The highest BCUT2D eigenvalue weighted by molar-refractivity contribution is 7.90. The van der Waals surface area contributed by atoms with E-state index in [1.165, 1.54) is 6.26 Å². The maximum atomic E-state index is 12.7. The zero-order valence-electron chi connectivity index (χ0n) is 17.0. The first-order valence-electron chi connectivity index (χ1n) is 9.89. The first kappa shape index (κ1) is 20.8. The minimum Gasteiger partial charge on any atom is -0.384 e. The number of carbonyl (C=O) groups excluding carboxylic acids is 1. The predicted octanol–water partition coefficient (Wildman–Crippen LogP) is 3.78. The van der Waals surface area contributed by atoms with Crippen LogP contribution in [0.25, 0.3) is 11.1 Å². The number of amides is 1. The molecule has 3 aromatic carbocycles. The number of sulfone groups is 1. The Morgan fingerprint density at radius 2 is 1.74 bits per heavy atom. The second-order valence-electron chi connectivity index (χ2n) is 7.82. The minimum atomic E-state index is -3.35. The number of nitrogen functional groups attached to an aromatic ring is 1. The van der Waals surface area contributed by atoms with Gasteiger partial charge >= 0.3 is 0 Å². The summed E-state index contributed by atoms with van der Waals surface area (Å²) in [5.74, 6) is -0.0309. The molecule has 0 saturated heterocycles. The van der Waals surface area contributed by atoms with E-state index in [-0.39, 0.29) is 28.5 Å². The number of rotatable bonds is 6. The largest absolute Gasteiger partial charge is 0.384 e. The summed E-state index contributed by atoms with van der Waals surface area (Å²) in [6.45, 7) is 0. The Bertz CT molecular complexity index is 1270. The summed E-state index contributed by atoms with van der Waals surface area (Å²) in [4.78, 5) is 12.9. The first-order chi connectivity index (χ1) is 14.7. The van der Waals surface area contributed by atoms with Crippen molar-refractivity contribution in [2.24, 2.45) is 11.7 Å². The lowest BCUT2D eigenvalue weighted by atomic mass is 10.0. The zero-order chi connectivity index (χ0) is 22.2. The van der Waals surface area contributed by atoms with Crippen molar-refractivity contribution in [3.8, 4) is 11.1 Å². The van der Waals surface area contributed by atoms with Crippen molar-refractivity contribution in [2.75, 3.05) is 11.6 Å². The van der Waals surface area contributed by atoms with Crippen LogP contribution in [0, 0.1) is 11.3 Å². The number of nitrogens with one attached hydrogen (secondary N) is 2. The van der Waals surface area contributed by atoms with Crippen LogP contribution in [-0.4, -0.2) is 26.4 Å². The molecule has 0 unspecified atom stereocenters.